The van der Waals surface area contributed by atoms with Crippen molar-refractivity contribution in [2.75, 3.05) is 20.2 Å². The first-order valence-electron chi connectivity index (χ1n) is 8.01. The summed E-state index contributed by atoms with van der Waals surface area (Å²) in [5.74, 6) is -3.87. The Balaban J connectivity index is 1.92. The molecule has 5 nitrogen and oxygen atoms in total. The molecule has 0 unspecified atom stereocenters. The summed E-state index contributed by atoms with van der Waals surface area (Å²) in [5.41, 5.74) is 0.537. The second kappa shape index (κ2) is 7.11. The van der Waals surface area contributed by atoms with Crippen LogP contribution in [0.25, 0.3) is 0 Å². The molecule has 1 amide bonds. The molecule has 3 rings (SSSR count). The van der Waals surface area contributed by atoms with E-state index in [0.29, 0.717) is 5.56 Å². The minimum atomic E-state index is -1.07. The first-order valence-corrected chi connectivity index (χ1v) is 8.01. The van der Waals surface area contributed by atoms with Crippen LogP contribution >= 0.6 is 0 Å². The van der Waals surface area contributed by atoms with Gasteiger partial charge in [0.15, 0.2) is 0 Å². The van der Waals surface area contributed by atoms with E-state index in [4.69, 9.17) is 4.74 Å². The van der Waals surface area contributed by atoms with E-state index < -0.39 is 35.3 Å². The third kappa shape index (κ3) is 3.37. The fraction of sp³-hybridized carbons (Fsp3) is 0.263. The summed E-state index contributed by atoms with van der Waals surface area (Å²) in [7, 11) is 1.36. The molecule has 1 saturated heterocycles. The van der Waals surface area contributed by atoms with Gasteiger partial charge in [0.2, 0.25) is 0 Å². The van der Waals surface area contributed by atoms with E-state index in [-0.39, 0.29) is 24.4 Å². The molecule has 2 atom stereocenters. The number of aliphatic carboxylic acids is 1. The molecule has 0 radical (unpaired) electrons. The van der Waals surface area contributed by atoms with E-state index in [1.165, 1.54) is 42.3 Å². The number of carboxylic acid groups (broad SMARTS) is 1. The maximum absolute atomic E-state index is 13.6. The fourth-order valence-electron chi connectivity index (χ4n) is 3.31. The second-order valence-corrected chi connectivity index (χ2v) is 6.16. The van der Waals surface area contributed by atoms with Gasteiger partial charge in [0.05, 0.1) is 18.6 Å². The predicted molar refractivity (Wildman–Crippen MR) is 89.1 cm³/mol. The standard InChI is InChI=1S/C19H17F2NO4/c1-26-17-6-5-13(21)8-14(17)18(23)22-9-15(16(10-22)19(24)25)11-3-2-4-12(20)7-11/h2-8,15-16H,9-10H2,1H3,(H,24,25)/t15-,16+/m0/s1. The highest BCUT2D eigenvalue weighted by Gasteiger charge is 2.41. The summed E-state index contributed by atoms with van der Waals surface area (Å²) in [6.45, 7) is 0.0495. The van der Waals surface area contributed by atoms with Crippen LogP contribution in [0.5, 0.6) is 5.75 Å². The van der Waals surface area contributed by atoms with Crippen LogP contribution in [0.3, 0.4) is 0 Å². The number of carbonyl (C=O) groups excluding carboxylic acids is 1. The fourth-order valence-corrected chi connectivity index (χ4v) is 3.31. The van der Waals surface area contributed by atoms with Crippen molar-refractivity contribution < 1.29 is 28.2 Å². The summed E-state index contributed by atoms with van der Waals surface area (Å²) >= 11 is 0. The van der Waals surface area contributed by atoms with Gasteiger partial charge in [-0.3, -0.25) is 9.59 Å². The monoisotopic (exact) mass is 361 g/mol. The molecule has 1 fully saturated rings. The summed E-state index contributed by atoms with van der Waals surface area (Å²) in [6.07, 6.45) is 0. The number of halogens is 2. The lowest BCUT2D eigenvalue weighted by Gasteiger charge is -2.18. The molecule has 26 heavy (non-hydrogen) atoms. The van der Waals surface area contributed by atoms with Crippen LogP contribution < -0.4 is 4.74 Å². The lowest BCUT2D eigenvalue weighted by Crippen LogP contribution is -2.30. The van der Waals surface area contributed by atoms with Crippen molar-refractivity contribution in [2.45, 2.75) is 5.92 Å². The number of carboxylic acids is 1. The van der Waals surface area contributed by atoms with Crippen LogP contribution in [0.4, 0.5) is 8.78 Å². The Labute approximate surface area is 148 Å². The number of benzene rings is 2. The maximum Gasteiger partial charge on any atom is 0.308 e. The number of likely N-dealkylation sites (tertiary alicyclic amines) is 1. The van der Waals surface area contributed by atoms with E-state index in [1.54, 1.807) is 6.07 Å². The minimum Gasteiger partial charge on any atom is -0.496 e. The summed E-state index contributed by atoms with van der Waals surface area (Å²) < 4.78 is 32.2. The molecular weight excluding hydrogens is 344 g/mol. The predicted octanol–water partition coefficient (Wildman–Crippen LogP) is 2.91. The van der Waals surface area contributed by atoms with Gasteiger partial charge in [-0.1, -0.05) is 12.1 Å². The molecule has 2 aromatic carbocycles. The maximum atomic E-state index is 13.6. The first kappa shape index (κ1) is 17.8. The SMILES string of the molecule is COc1ccc(F)cc1C(=O)N1C[C@@H](C(=O)O)[C@H](c2cccc(F)c2)C1. The van der Waals surface area contributed by atoms with Gasteiger partial charge in [-0.25, -0.2) is 8.78 Å². The number of methoxy groups -OCH3 is 1. The third-order valence-electron chi connectivity index (χ3n) is 4.59. The zero-order valence-electron chi connectivity index (χ0n) is 14.0. The van der Waals surface area contributed by atoms with Crippen LogP contribution in [0.15, 0.2) is 42.5 Å². The number of amides is 1. The highest BCUT2D eigenvalue weighted by atomic mass is 19.1. The van der Waals surface area contributed by atoms with Crippen molar-refractivity contribution in [3.05, 3.63) is 65.2 Å². The number of rotatable bonds is 4. The van der Waals surface area contributed by atoms with Gasteiger partial charge < -0.3 is 14.7 Å². The van der Waals surface area contributed by atoms with Gasteiger partial charge >= 0.3 is 5.97 Å². The quantitative estimate of drug-likeness (QED) is 0.909. The number of hydrogen-bond donors (Lipinski definition) is 1. The van der Waals surface area contributed by atoms with E-state index in [2.05, 4.69) is 0 Å². The van der Waals surface area contributed by atoms with Crippen molar-refractivity contribution in [3.63, 3.8) is 0 Å². The van der Waals surface area contributed by atoms with Gasteiger partial charge in [-0.2, -0.15) is 0 Å². The van der Waals surface area contributed by atoms with Gasteiger partial charge in [0.1, 0.15) is 17.4 Å². The van der Waals surface area contributed by atoms with Gasteiger partial charge in [0.25, 0.3) is 5.91 Å². The van der Waals surface area contributed by atoms with Crippen LogP contribution in [0.1, 0.15) is 21.8 Å². The molecule has 1 heterocycles. The molecule has 2 aromatic rings. The van der Waals surface area contributed by atoms with Crippen molar-refractivity contribution in [3.8, 4) is 5.75 Å². The average Bonchev–Trinajstić information content (AvgIpc) is 3.07. The van der Waals surface area contributed by atoms with Crippen LogP contribution in [0.2, 0.25) is 0 Å². The topological polar surface area (TPSA) is 66.8 Å². The highest BCUT2D eigenvalue weighted by Crippen LogP contribution is 2.35. The normalized spacial score (nSPS) is 19.4. The van der Waals surface area contributed by atoms with Crippen LogP contribution in [0, 0.1) is 17.6 Å². The number of ether oxygens (including phenoxy) is 1. The lowest BCUT2D eigenvalue weighted by atomic mass is 9.89. The van der Waals surface area contributed by atoms with Gasteiger partial charge in [-0.05, 0) is 35.9 Å². The summed E-state index contributed by atoms with van der Waals surface area (Å²) in [6, 6.07) is 9.27. The molecule has 0 spiro atoms. The molecule has 7 heteroatoms. The Hall–Kier alpha value is -2.96. The van der Waals surface area contributed by atoms with Crippen molar-refractivity contribution >= 4 is 11.9 Å². The number of hydrogen-bond acceptors (Lipinski definition) is 3. The first-order chi connectivity index (χ1) is 12.4. The summed E-state index contributed by atoms with van der Waals surface area (Å²) in [5, 5.41) is 9.51. The molecular formula is C19H17F2NO4. The Morgan fingerprint density at radius 1 is 1.12 bits per heavy atom. The van der Waals surface area contributed by atoms with E-state index >= 15 is 0 Å². The molecule has 0 saturated carbocycles. The lowest BCUT2D eigenvalue weighted by molar-refractivity contribution is -0.141. The van der Waals surface area contributed by atoms with Gasteiger partial charge in [-0.15, -0.1) is 0 Å². The molecule has 0 bridgehead atoms. The van der Waals surface area contributed by atoms with Crippen molar-refractivity contribution in [1.82, 2.24) is 4.90 Å². The Morgan fingerprint density at radius 2 is 1.85 bits per heavy atom. The second-order valence-electron chi connectivity index (χ2n) is 6.16. The Morgan fingerprint density at radius 3 is 2.50 bits per heavy atom. The molecule has 1 aliphatic heterocycles. The number of nitrogens with zero attached hydrogens (tertiary/aromatic N) is 1. The Kier molecular flexibility index (Phi) is 4.88. The van der Waals surface area contributed by atoms with E-state index in [9.17, 15) is 23.5 Å². The van der Waals surface area contributed by atoms with Gasteiger partial charge in [0, 0.05) is 19.0 Å². The van der Waals surface area contributed by atoms with Crippen LogP contribution in [-0.2, 0) is 4.79 Å². The van der Waals surface area contributed by atoms with E-state index in [0.717, 1.165) is 6.07 Å². The largest absolute Gasteiger partial charge is 0.496 e. The van der Waals surface area contributed by atoms with E-state index in [1.807, 2.05) is 0 Å². The number of carbonyl (C=O) groups is 2. The molecule has 1 aliphatic rings. The highest BCUT2D eigenvalue weighted by molar-refractivity contribution is 5.97. The van der Waals surface area contributed by atoms with Crippen molar-refractivity contribution in [2.24, 2.45) is 5.92 Å². The average molecular weight is 361 g/mol. The third-order valence-corrected chi connectivity index (χ3v) is 4.59. The van der Waals surface area contributed by atoms with Crippen LogP contribution in [-0.4, -0.2) is 42.1 Å². The Bertz CT molecular complexity index is 855. The summed E-state index contributed by atoms with van der Waals surface area (Å²) in [4.78, 5) is 25.8. The smallest absolute Gasteiger partial charge is 0.308 e. The molecule has 0 aliphatic carbocycles. The zero-order chi connectivity index (χ0) is 18.8. The minimum absolute atomic E-state index is 0.0246. The van der Waals surface area contributed by atoms with Crippen molar-refractivity contribution in [1.29, 1.82) is 0 Å². The molecule has 1 N–H and O–H groups in total. The zero-order valence-corrected chi connectivity index (χ0v) is 14.0. The molecule has 0 aromatic heterocycles. The molecule has 136 valence electrons.